The number of aryl methyl sites for hydroxylation is 1. The molecule has 0 N–H and O–H groups in total. The van der Waals surface area contributed by atoms with Crippen LogP contribution in [0.5, 0.6) is 23.0 Å². The van der Waals surface area contributed by atoms with Crippen LogP contribution in [-0.4, -0.2) is 50.3 Å². The SMILES string of the molecule is C=CC(=O)OCCCCCCOc1ccc(C(=O)Oc2ccc(OC(=O)c3ccc(OCCCCOC(=O)C=C)cc3)cc2CC)cc1. The van der Waals surface area contributed by atoms with Crippen LogP contribution in [0.4, 0.5) is 0 Å². The molecule has 3 rings (SSSR count). The summed E-state index contributed by atoms with van der Waals surface area (Å²) in [6.45, 7) is 10.3. The molecule has 3 aromatic carbocycles. The molecule has 0 aliphatic heterocycles. The van der Waals surface area contributed by atoms with E-state index in [1.54, 1.807) is 66.7 Å². The second-order valence-electron chi connectivity index (χ2n) is 10.5. The number of unbranched alkanes of at least 4 members (excludes halogenated alkanes) is 4. The first kappa shape index (κ1) is 37.1. The maximum atomic E-state index is 12.8. The summed E-state index contributed by atoms with van der Waals surface area (Å²) in [5.41, 5.74) is 1.43. The van der Waals surface area contributed by atoms with Gasteiger partial charge in [-0.15, -0.1) is 0 Å². The van der Waals surface area contributed by atoms with Crippen molar-refractivity contribution in [2.75, 3.05) is 26.4 Å². The minimum absolute atomic E-state index is 0.301. The molecule has 254 valence electrons. The Morgan fingerprint density at radius 1 is 0.562 bits per heavy atom. The average molecular weight is 659 g/mol. The van der Waals surface area contributed by atoms with Crippen molar-refractivity contribution in [2.24, 2.45) is 0 Å². The highest BCUT2D eigenvalue weighted by Crippen LogP contribution is 2.27. The van der Waals surface area contributed by atoms with Crippen molar-refractivity contribution in [1.82, 2.24) is 0 Å². The Morgan fingerprint density at radius 2 is 1.00 bits per heavy atom. The number of rotatable bonds is 21. The summed E-state index contributed by atoms with van der Waals surface area (Å²) in [4.78, 5) is 47.7. The number of hydrogen-bond acceptors (Lipinski definition) is 10. The molecule has 0 atom stereocenters. The van der Waals surface area contributed by atoms with E-state index < -0.39 is 23.9 Å². The van der Waals surface area contributed by atoms with Gasteiger partial charge in [-0.05, 0) is 117 Å². The first-order chi connectivity index (χ1) is 23.3. The van der Waals surface area contributed by atoms with Crippen LogP contribution < -0.4 is 18.9 Å². The number of ether oxygens (including phenoxy) is 6. The molecule has 10 nitrogen and oxygen atoms in total. The van der Waals surface area contributed by atoms with Gasteiger partial charge in [0, 0.05) is 12.2 Å². The van der Waals surface area contributed by atoms with E-state index in [4.69, 9.17) is 28.4 Å². The fraction of sp³-hybridized carbons (Fsp3) is 0.316. The van der Waals surface area contributed by atoms with E-state index >= 15 is 0 Å². The van der Waals surface area contributed by atoms with Crippen molar-refractivity contribution in [3.05, 3.63) is 109 Å². The largest absolute Gasteiger partial charge is 0.494 e. The predicted octanol–water partition coefficient (Wildman–Crippen LogP) is 7.24. The maximum absolute atomic E-state index is 12.8. The highest BCUT2D eigenvalue weighted by molar-refractivity contribution is 5.92. The van der Waals surface area contributed by atoms with E-state index in [0.29, 0.717) is 85.4 Å². The van der Waals surface area contributed by atoms with E-state index in [1.165, 1.54) is 0 Å². The Morgan fingerprint density at radius 3 is 1.50 bits per heavy atom. The zero-order valence-corrected chi connectivity index (χ0v) is 27.3. The van der Waals surface area contributed by atoms with Gasteiger partial charge >= 0.3 is 23.9 Å². The van der Waals surface area contributed by atoms with Gasteiger partial charge in [-0.1, -0.05) is 20.1 Å². The summed E-state index contributed by atoms with van der Waals surface area (Å²) < 4.78 is 32.5. The van der Waals surface area contributed by atoms with Gasteiger partial charge in [0.15, 0.2) is 0 Å². The standard InChI is InChI=1S/C38H42O10/c1-4-28-27-33(47-37(41)29-13-17-32(18-14-29)44-24-11-12-26-46-36(40)6-3)21-22-34(28)48-38(42)30-15-19-31(20-16-30)43-23-9-7-8-10-25-45-35(39)5-2/h5-6,13-22,27H,2-4,7-12,23-26H2,1H3. The normalized spacial score (nSPS) is 10.4. The third-order valence-electron chi connectivity index (χ3n) is 6.94. The smallest absolute Gasteiger partial charge is 0.343 e. The van der Waals surface area contributed by atoms with Crippen molar-refractivity contribution in [3.63, 3.8) is 0 Å². The first-order valence-electron chi connectivity index (χ1n) is 15.9. The molecule has 0 aromatic heterocycles. The van der Waals surface area contributed by atoms with Gasteiger partial charge in [-0.3, -0.25) is 0 Å². The lowest BCUT2D eigenvalue weighted by Crippen LogP contribution is -2.11. The van der Waals surface area contributed by atoms with Crippen LogP contribution >= 0.6 is 0 Å². The summed E-state index contributed by atoms with van der Waals surface area (Å²) in [6, 6.07) is 18.2. The van der Waals surface area contributed by atoms with Gasteiger partial charge in [-0.25, -0.2) is 19.2 Å². The Hall–Kier alpha value is -5.38. The van der Waals surface area contributed by atoms with Gasteiger partial charge in [-0.2, -0.15) is 0 Å². The molecular formula is C38H42O10. The van der Waals surface area contributed by atoms with Gasteiger partial charge in [0.25, 0.3) is 0 Å². The number of carbonyl (C=O) groups is 4. The molecule has 3 aromatic rings. The molecule has 0 heterocycles. The summed E-state index contributed by atoms with van der Waals surface area (Å²) in [6.07, 6.45) is 7.69. The van der Waals surface area contributed by atoms with Crippen LogP contribution in [0.2, 0.25) is 0 Å². The number of hydrogen-bond donors (Lipinski definition) is 0. The Bertz CT molecular complexity index is 1510. The van der Waals surface area contributed by atoms with Gasteiger partial charge in [0.05, 0.1) is 37.6 Å². The predicted molar refractivity (Wildman–Crippen MR) is 180 cm³/mol. The lowest BCUT2D eigenvalue weighted by molar-refractivity contribution is -0.138. The van der Waals surface area contributed by atoms with Crippen LogP contribution in [0.15, 0.2) is 92.0 Å². The van der Waals surface area contributed by atoms with Crippen LogP contribution in [0, 0.1) is 0 Å². The molecule has 0 radical (unpaired) electrons. The Labute approximate surface area is 281 Å². The van der Waals surface area contributed by atoms with Crippen molar-refractivity contribution < 1.29 is 47.6 Å². The van der Waals surface area contributed by atoms with E-state index in [2.05, 4.69) is 13.2 Å². The van der Waals surface area contributed by atoms with E-state index in [-0.39, 0.29) is 0 Å². The van der Waals surface area contributed by atoms with Gasteiger partial charge in [0.1, 0.15) is 23.0 Å². The second kappa shape index (κ2) is 20.7. The highest BCUT2D eigenvalue weighted by Gasteiger charge is 2.15. The molecule has 0 bridgehead atoms. The quantitative estimate of drug-likeness (QED) is 0.0501. The van der Waals surface area contributed by atoms with Crippen molar-refractivity contribution in [3.8, 4) is 23.0 Å². The van der Waals surface area contributed by atoms with Crippen LogP contribution in [0.3, 0.4) is 0 Å². The summed E-state index contributed by atoms with van der Waals surface area (Å²) in [7, 11) is 0. The van der Waals surface area contributed by atoms with Crippen LogP contribution in [0.25, 0.3) is 0 Å². The average Bonchev–Trinajstić information content (AvgIpc) is 3.11. The summed E-state index contributed by atoms with van der Waals surface area (Å²) in [5.74, 6) is 0.0455. The molecule has 0 unspecified atom stereocenters. The summed E-state index contributed by atoms with van der Waals surface area (Å²) >= 11 is 0. The van der Waals surface area contributed by atoms with Gasteiger partial charge < -0.3 is 28.4 Å². The minimum atomic E-state index is -0.536. The highest BCUT2D eigenvalue weighted by atomic mass is 16.5. The molecule has 0 aliphatic carbocycles. The van der Waals surface area contributed by atoms with Crippen molar-refractivity contribution in [1.29, 1.82) is 0 Å². The molecular weight excluding hydrogens is 616 g/mol. The molecule has 10 heteroatoms. The Kier molecular flexibility index (Phi) is 16.0. The number of benzene rings is 3. The lowest BCUT2D eigenvalue weighted by Gasteiger charge is -2.12. The molecule has 0 aliphatic rings. The third kappa shape index (κ3) is 13.2. The number of esters is 4. The van der Waals surface area contributed by atoms with E-state index in [1.807, 2.05) is 6.92 Å². The minimum Gasteiger partial charge on any atom is -0.494 e. The fourth-order valence-corrected chi connectivity index (χ4v) is 4.30. The fourth-order valence-electron chi connectivity index (χ4n) is 4.30. The monoisotopic (exact) mass is 658 g/mol. The maximum Gasteiger partial charge on any atom is 0.343 e. The molecule has 0 saturated carbocycles. The Balaban J connectivity index is 1.42. The topological polar surface area (TPSA) is 124 Å². The zero-order valence-electron chi connectivity index (χ0n) is 27.3. The van der Waals surface area contributed by atoms with Crippen LogP contribution in [-0.2, 0) is 25.5 Å². The lowest BCUT2D eigenvalue weighted by atomic mass is 10.1. The van der Waals surface area contributed by atoms with Crippen LogP contribution in [0.1, 0.15) is 71.7 Å². The molecule has 0 fully saturated rings. The third-order valence-corrected chi connectivity index (χ3v) is 6.94. The van der Waals surface area contributed by atoms with Gasteiger partial charge in [0.2, 0.25) is 0 Å². The molecule has 0 saturated heterocycles. The number of carbonyl (C=O) groups excluding carboxylic acids is 4. The van der Waals surface area contributed by atoms with Crippen molar-refractivity contribution in [2.45, 2.75) is 51.9 Å². The molecule has 48 heavy (non-hydrogen) atoms. The molecule has 0 amide bonds. The molecule has 0 spiro atoms. The summed E-state index contributed by atoms with van der Waals surface area (Å²) in [5, 5.41) is 0. The zero-order chi connectivity index (χ0) is 34.6. The van der Waals surface area contributed by atoms with E-state index in [9.17, 15) is 19.2 Å². The first-order valence-corrected chi connectivity index (χ1v) is 15.9. The second-order valence-corrected chi connectivity index (χ2v) is 10.5. The van der Waals surface area contributed by atoms with E-state index in [0.717, 1.165) is 37.8 Å². The van der Waals surface area contributed by atoms with Crippen molar-refractivity contribution >= 4 is 23.9 Å².